The molecular weight excluding hydrogens is 350 g/mol. The number of nitrogens with zero attached hydrogens (tertiary/aromatic N) is 5. The molecule has 0 spiro atoms. The van der Waals surface area contributed by atoms with Crippen LogP contribution in [0.1, 0.15) is 43.1 Å². The fourth-order valence-corrected chi connectivity index (χ4v) is 4.31. The molecule has 28 heavy (non-hydrogen) atoms. The minimum absolute atomic E-state index is 0.0838. The molecule has 0 aromatic carbocycles. The van der Waals surface area contributed by atoms with Gasteiger partial charge in [-0.15, -0.1) is 0 Å². The first-order valence-corrected chi connectivity index (χ1v) is 10.4. The van der Waals surface area contributed by atoms with Crippen LogP contribution < -0.4 is 9.80 Å². The van der Waals surface area contributed by atoms with Gasteiger partial charge in [0.1, 0.15) is 11.5 Å². The maximum atomic E-state index is 13.1. The summed E-state index contributed by atoms with van der Waals surface area (Å²) in [6.45, 7) is 6.69. The molecule has 0 bridgehead atoms. The number of piperidine rings is 1. The summed E-state index contributed by atoms with van der Waals surface area (Å²) in [5, 5.41) is 0. The molecule has 6 heteroatoms. The molecule has 6 nitrogen and oxygen atoms in total. The number of amides is 1. The van der Waals surface area contributed by atoms with Gasteiger partial charge in [-0.2, -0.15) is 0 Å². The molecule has 4 heterocycles. The Morgan fingerprint density at radius 3 is 2.57 bits per heavy atom. The van der Waals surface area contributed by atoms with Crippen molar-refractivity contribution in [2.24, 2.45) is 0 Å². The average molecular weight is 380 g/mol. The van der Waals surface area contributed by atoms with E-state index in [9.17, 15) is 4.79 Å². The van der Waals surface area contributed by atoms with E-state index in [-0.39, 0.29) is 5.91 Å². The van der Waals surface area contributed by atoms with E-state index in [0.717, 1.165) is 63.5 Å². The van der Waals surface area contributed by atoms with Crippen LogP contribution in [0.15, 0.2) is 42.7 Å². The number of carbonyl (C=O) groups excluding carboxylic acids is 1. The number of piperazine rings is 1. The van der Waals surface area contributed by atoms with E-state index in [4.69, 9.17) is 0 Å². The highest BCUT2D eigenvalue weighted by atomic mass is 16.2. The van der Waals surface area contributed by atoms with Gasteiger partial charge in [-0.1, -0.05) is 13.0 Å². The Morgan fingerprint density at radius 2 is 1.82 bits per heavy atom. The second-order valence-corrected chi connectivity index (χ2v) is 7.62. The van der Waals surface area contributed by atoms with Crippen LogP contribution in [0.5, 0.6) is 0 Å². The van der Waals surface area contributed by atoms with Crippen LogP contribution in [0, 0.1) is 0 Å². The molecule has 0 radical (unpaired) electrons. The van der Waals surface area contributed by atoms with E-state index < -0.39 is 0 Å². The van der Waals surface area contributed by atoms with Crippen molar-refractivity contribution in [3.63, 3.8) is 0 Å². The maximum Gasteiger partial charge on any atom is 0.272 e. The van der Waals surface area contributed by atoms with Gasteiger partial charge in [0.2, 0.25) is 0 Å². The molecule has 1 amide bonds. The van der Waals surface area contributed by atoms with Crippen molar-refractivity contribution in [3.05, 3.63) is 48.4 Å². The van der Waals surface area contributed by atoms with Crippen molar-refractivity contribution in [3.8, 4) is 0 Å². The Kier molecular flexibility index (Phi) is 5.74. The number of pyridine rings is 2. The molecule has 2 aromatic rings. The first-order chi connectivity index (χ1) is 13.8. The molecule has 0 N–H and O–H groups in total. The fourth-order valence-electron chi connectivity index (χ4n) is 4.31. The predicted molar refractivity (Wildman–Crippen MR) is 112 cm³/mol. The summed E-state index contributed by atoms with van der Waals surface area (Å²) in [6, 6.07) is 10.4. The number of aromatic nitrogens is 2. The number of hydrogen-bond donors (Lipinski definition) is 0. The first-order valence-electron chi connectivity index (χ1n) is 10.4. The van der Waals surface area contributed by atoms with Crippen molar-refractivity contribution in [2.45, 2.75) is 38.6 Å². The smallest absolute Gasteiger partial charge is 0.272 e. The fraction of sp³-hybridized carbons (Fsp3) is 0.500. The molecule has 2 fully saturated rings. The van der Waals surface area contributed by atoms with Crippen LogP contribution in [0.25, 0.3) is 0 Å². The van der Waals surface area contributed by atoms with E-state index >= 15 is 0 Å². The lowest BCUT2D eigenvalue weighted by Crippen LogP contribution is -2.47. The van der Waals surface area contributed by atoms with Gasteiger partial charge in [0.15, 0.2) is 0 Å². The standard InChI is InChI=1S/C22H29N5O/c1-2-18-7-4-6-12-27(18)22(28)20-17-19(9-11-23-20)25-13-15-26(16-14-25)21-8-3-5-10-24-21/h3,5,8-11,17-18H,2,4,6-7,12-16H2,1H3. The Hall–Kier alpha value is -2.63. The molecule has 4 rings (SSSR count). The van der Waals surface area contributed by atoms with Gasteiger partial charge < -0.3 is 14.7 Å². The molecule has 2 aliphatic rings. The van der Waals surface area contributed by atoms with Gasteiger partial charge in [0.05, 0.1) is 0 Å². The van der Waals surface area contributed by atoms with Gasteiger partial charge in [0, 0.05) is 56.8 Å². The Morgan fingerprint density at radius 1 is 1.00 bits per heavy atom. The number of likely N-dealkylation sites (tertiary alicyclic amines) is 1. The lowest BCUT2D eigenvalue weighted by molar-refractivity contribution is 0.0602. The first kappa shape index (κ1) is 18.7. The molecular formula is C22H29N5O. The monoisotopic (exact) mass is 379 g/mol. The van der Waals surface area contributed by atoms with Crippen LogP contribution in [0.2, 0.25) is 0 Å². The Balaban J connectivity index is 1.43. The predicted octanol–water partition coefficient (Wildman–Crippen LogP) is 3.21. The normalized spacial score (nSPS) is 20.3. The summed E-state index contributed by atoms with van der Waals surface area (Å²) < 4.78 is 0. The highest BCUT2D eigenvalue weighted by molar-refractivity contribution is 5.93. The summed E-state index contributed by atoms with van der Waals surface area (Å²) >= 11 is 0. The van der Waals surface area contributed by atoms with Crippen LogP contribution in [-0.2, 0) is 0 Å². The Labute approximate surface area is 167 Å². The van der Waals surface area contributed by atoms with Crippen LogP contribution in [-0.4, -0.2) is 59.5 Å². The van der Waals surface area contributed by atoms with Crippen molar-refractivity contribution in [2.75, 3.05) is 42.5 Å². The number of rotatable bonds is 4. The van der Waals surface area contributed by atoms with E-state index in [1.807, 2.05) is 35.4 Å². The van der Waals surface area contributed by atoms with Gasteiger partial charge in [-0.05, 0) is 49.9 Å². The van der Waals surface area contributed by atoms with Crippen molar-refractivity contribution in [1.29, 1.82) is 0 Å². The van der Waals surface area contributed by atoms with Gasteiger partial charge in [-0.25, -0.2) is 4.98 Å². The lowest BCUT2D eigenvalue weighted by atomic mass is 9.99. The third-order valence-corrected chi connectivity index (χ3v) is 5.94. The van der Waals surface area contributed by atoms with Crippen LogP contribution >= 0.6 is 0 Å². The Bertz CT molecular complexity index is 789. The molecule has 0 saturated carbocycles. The molecule has 2 saturated heterocycles. The number of carbonyl (C=O) groups is 1. The van der Waals surface area contributed by atoms with Crippen molar-refractivity contribution in [1.82, 2.24) is 14.9 Å². The number of anilines is 2. The van der Waals surface area contributed by atoms with Crippen molar-refractivity contribution >= 4 is 17.4 Å². The summed E-state index contributed by atoms with van der Waals surface area (Å²) in [5.41, 5.74) is 1.66. The largest absolute Gasteiger partial charge is 0.368 e. The summed E-state index contributed by atoms with van der Waals surface area (Å²) in [4.78, 5) is 28.6. The second-order valence-electron chi connectivity index (χ2n) is 7.62. The highest BCUT2D eigenvalue weighted by Gasteiger charge is 2.27. The van der Waals surface area contributed by atoms with Gasteiger partial charge >= 0.3 is 0 Å². The summed E-state index contributed by atoms with van der Waals surface area (Å²) in [5.74, 6) is 1.11. The zero-order chi connectivity index (χ0) is 19.3. The lowest BCUT2D eigenvalue weighted by Gasteiger charge is -2.37. The molecule has 2 aromatic heterocycles. The minimum Gasteiger partial charge on any atom is -0.368 e. The minimum atomic E-state index is 0.0838. The topological polar surface area (TPSA) is 52.6 Å². The average Bonchev–Trinajstić information content (AvgIpc) is 2.79. The quantitative estimate of drug-likeness (QED) is 0.816. The van der Waals surface area contributed by atoms with E-state index in [1.54, 1.807) is 6.20 Å². The van der Waals surface area contributed by atoms with E-state index in [0.29, 0.717) is 11.7 Å². The highest BCUT2D eigenvalue weighted by Crippen LogP contribution is 2.24. The van der Waals surface area contributed by atoms with Crippen molar-refractivity contribution < 1.29 is 4.79 Å². The third kappa shape index (κ3) is 3.96. The summed E-state index contributed by atoms with van der Waals surface area (Å²) in [6.07, 6.45) is 8.05. The van der Waals surface area contributed by atoms with Gasteiger partial charge in [-0.3, -0.25) is 9.78 Å². The van der Waals surface area contributed by atoms with E-state index in [1.165, 1.54) is 6.42 Å². The van der Waals surface area contributed by atoms with Crippen LogP contribution in [0.3, 0.4) is 0 Å². The maximum absolute atomic E-state index is 13.1. The van der Waals surface area contributed by atoms with Gasteiger partial charge in [0.25, 0.3) is 5.91 Å². The van der Waals surface area contributed by atoms with E-state index in [2.05, 4.69) is 32.8 Å². The zero-order valence-electron chi connectivity index (χ0n) is 16.6. The number of hydrogen-bond acceptors (Lipinski definition) is 5. The molecule has 148 valence electrons. The second kappa shape index (κ2) is 8.59. The molecule has 2 aliphatic heterocycles. The molecule has 1 unspecified atom stereocenters. The molecule has 1 atom stereocenters. The zero-order valence-corrected chi connectivity index (χ0v) is 16.6. The van der Waals surface area contributed by atoms with Crippen LogP contribution in [0.4, 0.5) is 11.5 Å². The SMILES string of the molecule is CCC1CCCCN1C(=O)c1cc(N2CCN(c3ccccn3)CC2)ccn1. The molecule has 0 aliphatic carbocycles. The third-order valence-electron chi connectivity index (χ3n) is 5.94. The summed E-state index contributed by atoms with van der Waals surface area (Å²) in [7, 11) is 0.